The Morgan fingerprint density at radius 1 is 0.769 bits per heavy atom. The van der Waals surface area contributed by atoms with Crippen molar-refractivity contribution in [2.24, 2.45) is 5.92 Å². The Kier molecular flexibility index (Phi) is 5.41. The van der Waals surface area contributed by atoms with E-state index < -0.39 is 5.60 Å². The van der Waals surface area contributed by atoms with E-state index >= 15 is 0 Å². The molecule has 1 heterocycles. The minimum absolute atomic E-state index is 0.291. The fraction of sp³-hybridized carbons (Fsp3) is 0.250. The molecule has 0 saturated carbocycles. The summed E-state index contributed by atoms with van der Waals surface area (Å²) in [7, 11) is 0. The molecule has 0 bridgehead atoms. The van der Waals surface area contributed by atoms with Crippen molar-refractivity contribution in [1.82, 2.24) is 0 Å². The van der Waals surface area contributed by atoms with E-state index in [1.165, 1.54) is 16.7 Å². The summed E-state index contributed by atoms with van der Waals surface area (Å²) in [6.45, 7) is 0.792. The van der Waals surface area contributed by atoms with Crippen molar-refractivity contribution in [3.05, 3.63) is 108 Å². The molecule has 2 unspecified atom stereocenters. The van der Waals surface area contributed by atoms with Crippen LogP contribution < -0.4 is 0 Å². The van der Waals surface area contributed by atoms with Gasteiger partial charge in [0, 0.05) is 17.0 Å². The number of rotatable bonds is 4. The largest absolute Gasteiger partial charge is 0.365 e. The highest BCUT2D eigenvalue weighted by molar-refractivity contribution is 14.1. The molecular formula is C24H23IO. The standard InChI is InChI=1S/C24H23IO/c25-18-20-16-17-26-24(21-12-6-2-7-13-21,22-14-8-3-9-15-22)23(20)19-10-4-1-5-11-19/h1-15,20,23H,16-18H2. The fourth-order valence-electron chi connectivity index (χ4n) is 4.36. The van der Waals surface area contributed by atoms with Crippen LogP contribution >= 0.6 is 22.6 Å². The summed E-state index contributed by atoms with van der Waals surface area (Å²) in [5.41, 5.74) is 3.41. The van der Waals surface area contributed by atoms with Gasteiger partial charge in [-0.3, -0.25) is 0 Å². The van der Waals surface area contributed by atoms with Crippen LogP contribution in [0.3, 0.4) is 0 Å². The predicted molar refractivity (Wildman–Crippen MR) is 116 cm³/mol. The van der Waals surface area contributed by atoms with E-state index in [4.69, 9.17) is 4.74 Å². The smallest absolute Gasteiger partial charge is 0.125 e. The van der Waals surface area contributed by atoms with E-state index in [-0.39, 0.29) is 0 Å². The van der Waals surface area contributed by atoms with E-state index in [9.17, 15) is 0 Å². The maximum Gasteiger partial charge on any atom is 0.125 e. The van der Waals surface area contributed by atoms with Crippen molar-refractivity contribution >= 4 is 22.6 Å². The highest BCUT2D eigenvalue weighted by Gasteiger charge is 2.49. The van der Waals surface area contributed by atoms with Gasteiger partial charge in [-0.05, 0) is 29.0 Å². The van der Waals surface area contributed by atoms with Gasteiger partial charge in [-0.2, -0.15) is 0 Å². The summed E-state index contributed by atoms with van der Waals surface area (Å²) < 4.78 is 7.86. The van der Waals surface area contributed by atoms with E-state index in [1.807, 2.05) is 0 Å². The van der Waals surface area contributed by atoms with Gasteiger partial charge in [0.2, 0.25) is 0 Å². The number of alkyl halides is 1. The molecule has 1 nitrogen and oxygen atoms in total. The summed E-state index contributed by atoms with van der Waals surface area (Å²) in [5.74, 6) is 0.867. The Balaban J connectivity index is 1.98. The van der Waals surface area contributed by atoms with Crippen LogP contribution in [0.2, 0.25) is 0 Å². The molecule has 4 rings (SSSR count). The second kappa shape index (κ2) is 7.93. The van der Waals surface area contributed by atoms with Gasteiger partial charge in [0.05, 0.1) is 0 Å². The van der Waals surface area contributed by atoms with E-state index in [0.29, 0.717) is 11.8 Å². The third-order valence-electron chi connectivity index (χ3n) is 5.49. The van der Waals surface area contributed by atoms with Gasteiger partial charge in [0.15, 0.2) is 0 Å². The van der Waals surface area contributed by atoms with Crippen molar-refractivity contribution < 1.29 is 4.74 Å². The van der Waals surface area contributed by atoms with Crippen LogP contribution in [0.5, 0.6) is 0 Å². The molecule has 0 aliphatic carbocycles. The lowest BCUT2D eigenvalue weighted by Gasteiger charge is -2.49. The number of hydrogen-bond donors (Lipinski definition) is 0. The zero-order valence-electron chi connectivity index (χ0n) is 14.7. The van der Waals surface area contributed by atoms with Gasteiger partial charge in [0.1, 0.15) is 5.60 Å². The summed E-state index contributed by atoms with van der Waals surface area (Å²) in [6, 6.07) is 32.5. The third kappa shape index (κ3) is 3.10. The summed E-state index contributed by atoms with van der Waals surface area (Å²) in [5, 5.41) is 0. The van der Waals surface area contributed by atoms with Crippen LogP contribution in [0.25, 0.3) is 0 Å². The Labute approximate surface area is 169 Å². The monoisotopic (exact) mass is 454 g/mol. The first-order valence-corrected chi connectivity index (χ1v) is 10.7. The van der Waals surface area contributed by atoms with E-state index in [2.05, 4.69) is 114 Å². The first kappa shape index (κ1) is 17.7. The third-order valence-corrected chi connectivity index (χ3v) is 6.62. The molecule has 3 aromatic rings. The molecule has 132 valence electrons. The molecule has 1 fully saturated rings. The molecule has 2 atom stereocenters. The lowest BCUT2D eigenvalue weighted by molar-refractivity contribution is -0.0891. The van der Waals surface area contributed by atoms with Gasteiger partial charge >= 0.3 is 0 Å². The molecule has 1 aliphatic rings. The molecule has 0 spiro atoms. The van der Waals surface area contributed by atoms with Gasteiger partial charge in [0.25, 0.3) is 0 Å². The molecular weight excluding hydrogens is 431 g/mol. The zero-order valence-corrected chi connectivity index (χ0v) is 16.9. The van der Waals surface area contributed by atoms with Crippen LogP contribution in [0.1, 0.15) is 29.0 Å². The number of benzene rings is 3. The molecule has 0 N–H and O–H groups in total. The lowest BCUT2D eigenvalue weighted by Crippen LogP contribution is -2.46. The van der Waals surface area contributed by atoms with Crippen molar-refractivity contribution in [3.63, 3.8) is 0 Å². The summed E-state index contributed by atoms with van der Waals surface area (Å²) in [6.07, 6.45) is 1.10. The van der Waals surface area contributed by atoms with Crippen LogP contribution in [0.15, 0.2) is 91.0 Å². The molecule has 1 saturated heterocycles. The second-order valence-electron chi connectivity index (χ2n) is 6.91. The molecule has 0 amide bonds. The van der Waals surface area contributed by atoms with Crippen LogP contribution in [-0.4, -0.2) is 11.0 Å². The average Bonchev–Trinajstić information content (AvgIpc) is 2.75. The van der Waals surface area contributed by atoms with E-state index in [1.54, 1.807) is 0 Å². The topological polar surface area (TPSA) is 9.23 Å². The number of halogens is 1. The molecule has 26 heavy (non-hydrogen) atoms. The summed E-state index contributed by atoms with van der Waals surface area (Å²) >= 11 is 2.55. The van der Waals surface area contributed by atoms with Crippen LogP contribution in [0.4, 0.5) is 0 Å². The maximum absolute atomic E-state index is 6.73. The summed E-state index contributed by atoms with van der Waals surface area (Å²) in [4.78, 5) is 0. The minimum Gasteiger partial charge on any atom is -0.365 e. The SMILES string of the molecule is ICC1CCOC(c2ccccc2)(c2ccccc2)C1c1ccccc1. The van der Waals surface area contributed by atoms with E-state index in [0.717, 1.165) is 17.5 Å². The van der Waals surface area contributed by atoms with Crippen LogP contribution in [-0.2, 0) is 10.3 Å². The molecule has 1 aliphatic heterocycles. The number of ether oxygens (including phenoxy) is 1. The second-order valence-corrected chi connectivity index (χ2v) is 7.79. The maximum atomic E-state index is 6.73. The van der Waals surface area contributed by atoms with Crippen LogP contribution in [0, 0.1) is 5.92 Å². The molecule has 0 aromatic heterocycles. The Morgan fingerprint density at radius 2 is 1.27 bits per heavy atom. The van der Waals surface area contributed by atoms with Gasteiger partial charge in [-0.25, -0.2) is 0 Å². The Bertz CT molecular complexity index is 777. The quantitative estimate of drug-likeness (QED) is 0.338. The van der Waals surface area contributed by atoms with Crippen molar-refractivity contribution in [3.8, 4) is 0 Å². The molecule has 3 aromatic carbocycles. The highest BCUT2D eigenvalue weighted by atomic mass is 127. The zero-order chi connectivity index (χ0) is 17.8. The normalized spacial score (nSPS) is 22.0. The van der Waals surface area contributed by atoms with Gasteiger partial charge in [-0.15, -0.1) is 0 Å². The first-order valence-electron chi connectivity index (χ1n) is 9.22. The van der Waals surface area contributed by atoms with Crippen molar-refractivity contribution in [2.75, 3.05) is 11.0 Å². The van der Waals surface area contributed by atoms with Crippen molar-refractivity contribution in [2.45, 2.75) is 17.9 Å². The Hall–Kier alpha value is -1.65. The molecule has 0 radical (unpaired) electrons. The minimum atomic E-state index is -0.446. The van der Waals surface area contributed by atoms with Crippen molar-refractivity contribution in [1.29, 1.82) is 0 Å². The Morgan fingerprint density at radius 3 is 1.77 bits per heavy atom. The number of hydrogen-bond acceptors (Lipinski definition) is 1. The predicted octanol–water partition coefficient (Wildman–Crippen LogP) is 6.19. The van der Waals surface area contributed by atoms with Gasteiger partial charge in [-0.1, -0.05) is 114 Å². The highest BCUT2D eigenvalue weighted by Crippen LogP contribution is 2.53. The fourth-order valence-corrected chi connectivity index (χ4v) is 5.31. The average molecular weight is 454 g/mol. The first-order chi connectivity index (χ1) is 12.9. The lowest BCUT2D eigenvalue weighted by atomic mass is 9.65. The van der Waals surface area contributed by atoms with Gasteiger partial charge < -0.3 is 4.74 Å². The molecule has 2 heteroatoms.